The molecule has 3 heterocycles. The summed E-state index contributed by atoms with van der Waals surface area (Å²) in [6.45, 7) is 3.66. The number of aromatic nitrogens is 2. The van der Waals surface area contributed by atoms with Crippen molar-refractivity contribution >= 4 is 17.6 Å². The van der Waals surface area contributed by atoms with Gasteiger partial charge in [0.1, 0.15) is 5.65 Å². The number of hydrogen-bond acceptors (Lipinski definition) is 5. The first-order valence-corrected chi connectivity index (χ1v) is 10.8. The van der Waals surface area contributed by atoms with Crippen LogP contribution in [-0.4, -0.2) is 46.0 Å². The topological polar surface area (TPSA) is 93.0 Å². The van der Waals surface area contributed by atoms with Crippen molar-refractivity contribution in [2.75, 3.05) is 19.7 Å². The Kier molecular flexibility index (Phi) is 6.01. The van der Waals surface area contributed by atoms with Crippen molar-refractivity contribution in [3.63, 3.8) is 0 Å². The van der Waals surface area contributed by atoms with Gasteiger partial charge in [0.15, 0.2) is 0 Å². The lowest BCUT2D eigenvalue weighted by Gasteiger charge is -2.30. The second kappa shape index (κ2) is 8.85. The Bertz CT molecular complexity index is 994. The first kappa shape index (κ1) is 20.4. The maximum Gasteiger partial charge on any atom is 0.317 e. The number of nitrogens with one attached hydrogen (secondary N) is 1. The predicted octanol–water partition coefficient (Wildman–Crippen LogP) is 2.13. The third kappa shape index (κ3) is 4.17. The number of carbonyl (C=O) groups excluding carboxylic acids is 2. The Hall–Kier alpha value is -2.90. The summed E-state index contributed by atoms with van der Waals surface area (Å²) in [5.74, 6) is 0.262. The van der Waals surface area contributed by atoms with Crippen LogP contribution in [0.4, 0.5) is 4.79 Å². The standard InChI is InChI=1S/C22H28N4O4/c1-2-30-21(28)16-8-6-15(7-9-16)13-23-22(29)25-12-10-18-17(14-25)20(27)26-11-4-3-5-19(26)24-18/h3-5,11,15-16H,2,6-10,12-14H2,1H3,(H,23,29). The molecule has 1 N–H and O–H groups in total. The van der Waals surface area contributed by atoms with Crippen molar-refractivity contribution in [1.82, 2.24) is 19.6 Å². The number of rotatable bonds is 4. The number of carbonyl (C=O) groups is 2. The van der Waals surface area contributed by atoms with Crippen LogP contribution in [0.3, 0.4) is 0 Å². The van der Waals surface area contributed by atoms with Gasteiger partial charge in [-0.3, -0.25) is 14.0 Å². The number of hydrogen-bond donors (Lipinski definition) is 1. The highest BCUT2D eigenvalue weighted by Gasteiger charge is 2.29. The molecule has 8 nitrogen and oxygen atoms in total. The molecule has 1 fully saturated rings. The minimum atomic E-state index is -0.147. The first-order valence-electron chi connectivity index (χ1n) is 10.8. The maximum atomic E-state index is 12.8. The molecule has 2 aromatic heterocycles. The number of pyridine rings is 1. The van der Waals surface area contributed by atoms with E-state index in [1.54, 1.807) is 17.2 Å². The summed E-state index contributed by atoms with van der Waals surface area (Å²) in [4.78, 5) is 43.6. The highest BCUT2D eigenvalue weighted by atomic mass is 16.5. The molecule has 1 aliphatic heterocycles. The third-order valence-corrected chi connectivity index (χ3v) is 6.18. The third-order valence-electron chi connectivity index (χ3n) is 6.18. The lowest BCUT2D eigenvalue weighted by Crippen LogP contribution is -2.46. The molecule has 8 heteroatoms. The number of fused-ring (bicyclic) bond motifs is 2. The van der Waals surface area contributed by atoms with Crippen molar-refractivity contribution < 1.29 is 14.3 Å². The zero-order valence-electron chi connectivity index (χ0n) is 17.3. The molecule has 0 saturated heterocycles. The first-order chi connectivity index (χ1) is 14.6. The van der Waals surface area contributed by atoms with E-state index in [1.807, 2.05) is 19.1 Å². The van der Waals surface area contributed by atoms with Crippen molar-refractivity contribution in [1.29, 1.82) is 0 Å². The molecule has 0 bridgehead atoms. The van der Waals surface area contributed by atoms with Crippen LogP contribution in [-0.2, 0) is 22.5 Å². The Labute approximate surface area is 175 Å². The van der Waals surface area contributed by atoms with Gasteiger partial charge in [-0.1, -0.05) is 6.07 Å². The molecule has 2 aliphatic rings. The molecule has 2 aromatic rings. The van der Waals surface area contributed by atoms with Gasteiger partial charge in [0, 0.05) is 25.7 Å². The van der Waals surface area contributed by atoms with Gasteiger partial charge >= 0.3 is 12.0 Å². The molecule has 2 amide bonds. The summed E-state index contributed by atoms with van der Waals surface area (Å²) < 4.78 is 6.64. The van der Waals surface area contributed by atoms with Crippen molar-refractivity contribution in [3.05, 3.63) is 46.0 Å². The van der Waals surface area contributed by atoms with E-state index < -0.39 is 0 Å². The van der Waals surface area contributed by atoms with Gasteiger partial charge in [0.25, 0.3) is 5.56 Å². The minimum absolute atomic E-state index is 0.00852. The SMILES string of the molecule is CCOC(=O)C1CCC(CNC(=O)N2CCc3nc4ccccn4c(=O)c3C2)CC1. The number of urea groups is 1. The average molecular weight is 412 g/mol. The number of ether oxygens (including phenoxy) is 1. The average Bonchev–Trinajstić information content (AvgIpc) is 2.78. The molecule has 0 atom stereocenters. The summed E-state index contributed by atoms with van der Waals surface area (Å²) in [6.07, 6.45) is 5.72. The summed E-state index contributed by atoms with van der Waals surface area (Å²) in [5, 5.41) is 3.02. The molecular formula is C22H28N4O4. The van der Waals surface area contributed by atoms with Crippen LogP contribution in [0.2, 0.25) is 0 Å². The molecule has 4 rings (SSSR count). The van der Waals surface area contributed by atoms with E-state index in [9.17, 15) is 14.4 Å². The molecule has 0 radical (unpaired) electrons. The van der Waals surface area contributed by atoms with Gasteiger partial charge in [0.2, 0.25) is 0 Å². The molecule has 0 aromatic carbocycles. The Morgan fingerprint density at radius 3 is 2.80 bits per heavy atom. The van der Waals surface area contributed by atoms with Gasteiger partial charge in [-0.2, -0.15) is 0 Å². The van der Waals surface area contributed by atoms with Gasteiger partial charge in [-0.05, 0) is 50.7 Å². The van der Waals surface area contributed by atoms with Crippen molar-refractivity contribution in [2.24, 2.45) is 11.8 Å². The van der Waals surface area contributed by atoms with Crippen LogP contribution in [0.15, 0.2) is 29.2 Å². The smallest absolute Gasteiger partial charge is 0.317 e. The molecule has 160 valence electrons. The molecule has 30 heavy (non-hydrogen) atoms. The van der Waals surface area contributed by atoms with E-state index in [0.717, 1.165) is 31.4 Å². The van der Waals surface area contributed by atoms with E-state index in [4.69, 9.17) is 4.74 Å². The fourth-order valence-corrected chi connectivity index (χ4v) is 4.43. The lowest BCUT2D eigenvalue weighted by molar-refractivity contribution is -0.149. The Morgan fingerprint density at radius 1 is 1.23 bits per heavy atom. The largest absolute Gasteiger partial charge is 0.466 e. The molecular weight excluding hydrogens is 384 g/mol. The van der Waals surface area contributed by atoms with E-state index in [1.165, 1.54) is 4.40 Å². The van der Waals surface area contributed by atoms with Crippen LogP contribution in [0.25, 0.3) is 5.65 Å². The predicted molar refractivity (Wildman–Crippen MR) is 111 cm³/mol. The van der Waals surface area contributed by atoms with Crippen LogP contribution in [0.5, 0.6) is 0 Å². The number of esters is 1. The second-order valence-corrected chi connectivity index (χ2v) is 8.10. The molecule has 0 spiro atoms. The molecule has 1 saturated carbocycles. The highest BCUT2D eigenvalue weighted by molar-refractivity contribution is 5.74. The Morgan fingerprint density at radius 2 is 2.03 bits per heavy atom. The summed E-state index contributed by atoms with van der Waals surface area (Å²) in [5.41, 5.74) is 1.91. The van der Waals surface area contributed by atoms with Gasteiger partial charge < -0.3 is 15.0 Å². The minimum Gasteiger partial charge on any atom is -0.466 e. The highest BCUT2D eigenvalue weighted by Crippen LogP contribution is 2.29. The zero-order valence-corrected chi connectivity index (χ0v) is 17.3. The van der Waals surface area contributed by atoms with Crippen LogP contribution in [0.1, 0.15) is 43.9 Å². The number of nitrogens with zero attached hydrogens (tertiary/aromatic N) is 3. The van der Waals surface area contributed by atoms with E-state index in [-0.39, 0.29) is 30.0 Å². The van der Waals surface area contributed by atoms with Crippen LogP contribution >= 0.6 is 0 Å². The van der Waals surface area contributed by atoms with E-state index in [2.05, 4.69) is 10.3 Å². The summed E-state index contributed by atoms with van der Waals surface area (Å²) in [6, 6.07) is 5.33. The monoisotopic (exact) mass is 412 g/mol. The summed E-state index contributed by atoms with van der Waals surface area (Å²) >= 11 is 0. The van der Waals surface area contributed by atoms with Crippen molar-refractivity contribution in [2.45, 2.75) is 45.6 Å². The normalized spacial score (nSPS) is 21.2. The Balaban J connectivity index is 1.32. The quantitative estimate of drug-likeness (QED) is 0.777. The molecule has 1 aliphatic carbocycles. The van der Waals surface area contributed by atoms with E-state index in [0.29, 0.717) is 43.2 Å². The summed E-state index contributed by atoms with van der Waals surface area (Å²) in [7, 11) is 0. The fourth-order valence-electron chi connectivity index (χ4n) is 4.43. The lowest BCUT2D eigenvalue weighted by atomic mass is 9.82. The van der Waals surface area contributed by atoms with Crippen molar-refractivity contribution in [3.8, 4) is 0 Å². The van der Waals surface area contributed by atoms with Gasteiger partial charge in [-0.15, -0.1) is 0 Å². The molecule has 0 unspecified atom stereocenters. The van der Waals surface area contributed by atoms with E-state index >= 15 is 0 Å². The van der Waals surface area contributed by atoms with Crippen LogP contribution in [0, 0.1) is 11.8 Å². The van der Waals surface area contributed by atoms with Gasteiger partial charge in [0.05, 0.1) is 30.3 Å². The number of amides is 2. The van der Waals surface area contributed by atoms with Crippen LogP contribution < -0.4 is 10.9 Å². The second-order valence-electron chi connectivity index (χ2n) is 8.10. The zero-order chi connectivity index (χ0) is 21.1. The van der Waals surface area contributed by atoms with Gasteiger partial charge in [-0.25, -0.2) is 9.78 Å². The maximum absolute atomic E-state index is 12.8. The fraction of sp³-hybridized carbons (Fsp3) is 0.545.